The smallest absolute Gasteiger partial charge is 0.161 e. The molecule has 3 heteroatoms. The van der Waals surface area contributed by atoms with Gasteiger partial charge in [0.25, 0.3) is 0 Å². The molecule has 0 aliphatic carbocycles. The molecule has 2 aromatic rings. The molecular formula is C33H49NO2. The molecule has 0 bridgehead atoms. The molecule has 36 heavy (non-hydrogen) atoms. The zero-order chi connectivity index (χ0) is 26.1. The number of hydrogen-bond acceptors (Lipinski definition) is 3. The van der Waals surface area contributed by atoms with E-state index in [4.69, 9.17) is 9.47 Å². The van der Waals surface area contributed by atoms with Crippen LogP contribution in [0, 0.1) is 0 Å². The molecule has 1 aliphatic heterocycles. The average molecular weight is 492 g/mol. The summed E-state index contributed by atoms with van der Waals surface area (Å²) in [5.74, 6) is 1.61. The van der Waals surface area contributed by atoms with E-state index >= 15 is 0 Å². The standard InChI is InChI=1S/C33H49NO2/c1-8-9-10-11-12-13-14-15-16-17-30-29-24-32(36-7)31(35-6)23-26(29)22-25(2)34(30)28-20-18-27(19-21-28)33(3,4)5/h18-24,30H,8-17H2,1-7H3. The van der Waals surface area contributed by atoms with Crippen LogP contribution >= 0.6 is 0 Å². The van der Waals surface area contributed by atoms with E-state index in [1.807, 2.05) is 0 Å². The lowest BCUT2D eigenvalue weighted by Crippen LogP contribution is -2.30. The van der Waals surface area contributed by atoms with Crippen LogP contribution in [0.5, 0.6) is 11.5 Å². The van der Waals surface area contributed by atoms with Crippen molar-refractivity contribution in [3.63, 3.8) is 0 Å². The Kier molecular flexibility index (Phi) is 10.3. The van der Waals surface area contributed by atoms with Gasteiger partial charge in [-0.15, -0.1) is 0 Å². The van der Waals surface area contributed by atoms with Crippen LogP contribution in [0.1, 0.15) is 122 Å². The fourth-order valence-corrected chi connectivity index (χ4v) is 5.44. The summed E-state index contributed by atoms with van der Waals surface area (Å²) in [6.45, 7) is 11.3. The zero-order valence-electron chi connectivity index (χ0n) is 24.0. The van der Waals surface area contributed by atoms with Crippen LogP contribution in [-0.2, 0) is 5.41 Å². The summed E-state index contributed by atoms with van der Waals surface area (Å²) in [5, 5.41) is 0. The van der Waals surface area contributed by atoms with E-state index in [2.05, 4.69) is 82.0 Å². The monoisotopic (exact) mass is 491 g/mol. The van der Waals surface area contributed by atoms with Crippen LogP contribution in [0.25, 0.3) is 6.08 Å². The quantitative estimate of drug-likeness (QED) is 0.260. The zero-order valence-corrected chi connectivity index (χ0v) is 24.0. The van der Waals surface area contributed by atoms with Crippen molar-refractivity contribution in [1.29, 1.82) is 0 Å². The Morgan fingerprint density at radius 2 is 1.33 bits per heavy atom. The van der Waals surface area contributed by atoms with Crippen LogP contribution in [0.4, 0.5) is 5.69 Å². The number of hydrogen-bond donors (Lipinski definition) is 0. The molecular weight excluding hydrogens is 442 g/mol. The number of fused-ring (bicyclic) bond motifs is 1. The van der Waals surface area contributed by atoms with Crippen molar-refractivity contribution in [2.75, 3.05) is 19.1 Å². The lowest BCUT2D eigenvalue weighted by atomic mass is 9.86. The molecule has 3 nitrogen and oxygen atoms in total. The van der Waals surface area contributed by atoms with Gasteiger partial charge in [0.1, 0.15) is 0 Å². The van der Waals surface area contributed by atoms with E-state index in [-0.39, 0.29) is 11.5 Å². The third-order valence-electron chi connectivity index (χ3n) is 7.60. The molecule has 1 unspecified atom stereocenters. The number of ether oxygens (including phenoxy) is 2. The van der Waals surface area contributed by atoms with Crippen LogP contribution in [-0.4, -0.2) is 14.2 Å². The van der Waals surface area contributed by atoms with Crippen molar-refractivity contribution >= 4 is 11.8 Å². The predicted molar refractivity (Wildman–Crippen MR) is 155 cm³/mol. The summed E-state index contributed by atoms with van der Waals surface area (Å²) in [6, 6.07) is 13.8. The van der Waals surface area contributed by atoms with Crippen molar-refractivity contribution in [3.8, 4) is 11.5 Å². The molecule has 1 aliphatic rings. The third-order valence-corrected chi connectivity index (χ3v) is 7.60. The summed E-state index contributed by atoms with van der Waals surface area (Å²) in [5.41, 5.74) is 6.63. The summed E-state index contributed by atoms with van der Waals surface area (Å²) < 4.78 is 11.3. The molecule has 0 saturated heterocycles. The van der Waals surface area contributed by atoms with E-state index in [1.54, 1.807) is 14.2 Å². The van der Waals surface area contributed by atoms with Crippen LogP contribution in [0.2, 0.25) is 0 Å². The fourth-order valence-electron chi connectivity index (χ4n) is 5.44. The van der Waals surface area contributed by atoms with Gasteiger partial charge < -0.3 is 14.4 Å². The Bertz CT molecular complexity index is 984. The van der Waals surface area contributed by atoms with Gasteiger partial charge in [-0.25, -0.2) is 0 Å². The first-order chi connectivity index (χ1) is 17.3. The van der Waals surface area contributed by atoms with Gasteiger partial charge in [0.05, 0.1) is 20.3 Å². The Morgan fingerprint density at radius 3 is 1.89 bits per heavy atom. The highest BCUT2D eigenvalue weighted by Crippen LogP contribution is 2.44. The highest BCUT2D eigenvalue weighted by molar-refractivity contribution is 5.72. The van der Waals surface area contributed by atoms with Crippen LogP contribution in [0.15, 0.2) is 42.1 Å². The lowest BCUT2D eigenvalue weighted by Gasteiger charge is -2.39. The average Bonchev–Trinajstić information content (AvgIpc) is 2.86. The lowest BCUT2D eigenvalue weighted by molar-refractivity contribution is 0.353. The molecule has 0 fully saturated rings. The number of benzene rings is 2. The Hall–Kier alpha value is -2.42. The van der Waals surface area contributed by atoms with E-state index in [1.165, 1.54) is 85.9 Å². The molecule has 0 saturated carbocycles. The minimum absolute atomic E-state index is 0.151. The summed E-state index contributed by atoms with van der Waals surface area (Å²) in [7, 11) is 3.44. The predicted octanol–water partition coefficient (Wildman–Crippen LogP) is 9.84. The maximum Gasteiger partial charge on any atom is 0.161 e. The summed E-state index contributed by atoms with van der Waals surface area (Å²) in [4.78, 5) is 2.53. The molecule has 0 radical (unpaired) electrons. The molecule has 0 N–H and O–H groups in total. The van der Waals surface area contributed by atoms with Crippen molar-refractivity contribution in [2.24, 2.45) is 0 Å². The van der Waals surface area contributed by atoms with Crippen LogP contribution in [0.3, 0.4) is 0 Å². The number of methoxy groups -OCH3 is 2. The molecule has 3 rings (SSSR count). The van der Waals surface area contributed by atoms with Crippen molar-refractivity contribution in [2.45, 2.75) is 110 Å². The van der Waals surface area contributed by atoms with Gasteiger partial charge in [-0.3, -0.25) is 0 Å². The Balaban J connectivity index is 1.81. The van der Waals surface area contributed by atoms with Gasteiger partial charge in [0.15, 0.2) is 11.5 Å². The molecule has 0 amide bonds. The van der Waals surface area contributed by atoms with E-state index < -0.39 is 0 Å². The number of nitrogens with zero attached hydrogens (tertiary/aromatic N) is 1. The molecule has 1 heterocycles. The number of rotatable bonds is 13. The SMILES string of the molecule is CCCCCCCCCCCC1c2cc(OC)c(OC)cc2C=C(C)N1c1ccc(C(C)(C)C)cc1. The van der Waals surface area contributed by atoms with Gasteiger partial charge in [-0.05, 0) is 65.8 Å². The summed E-state index contributed by atoms with van der Waals surface area (Å²) in [6.07, 6.45) is 15.5. The van der Waals surface area contributed by atoms with Crippen LogP contribution < -0.4 is 14.4 Å². The van der Waals surface area contributed by atoms with Crippen molar-refractivity contribution in [3.05, 3.63) is 58.8 Å². The van der Waals surface area contributed by atoms with Crippen molar-refractivity contribution in [1.82, 2.24) is 0 Å². The third kappa shape index (κ3) is 7.08. The van der Waals surface area contributed by atoms with Gasteiger partial charge in [-0.2, -0.15) is 0 Å². The molecule has 2 aromatic carbocycles. The first kappa shape index (κ1) is 28.2. The highest BCUT2D eigenvalue weighted by atomic mass is 16.5. The highest BCUT2D eigenvalue weighted by Gasteiger charge is 2.29. The molecule has 0 spiro atoms. The summed E-state index contributed by atoms with van der Waals surface area (Å²) >= 11 is 0. The van der Waals surface area contributed by atoms with Gasteiger partial charge in [-0.1, -0.05) is 97.6 Å². The minimum Gasteiger partial charge on any atom is -0.493 e. The van der Waals surface area contributed by atoms with E-state index in [0.717, 1.165) is 17.9 Å². The number of anilines is 1. The fraction of sp³-hybridized carbons (Fsp3) is 0.576. The number of unbranched alkanes of at least 4 members (excludes halogenated alkanes) is 8. The van der Waals surface area contributed by atoms with Crippen molar-refractivity contribution < 1.29 is 9.47 Å². The molecule has 198 valence electrons. The van der Waals surface area contributed by atoms with Gasteiger partial charge in [0.2, 0.25) is 0 Å². The maximum atomic E-state index is 5.71. The number of allylic oxidation sites excluding steroid dienone is 1. The largest absolute Gasteiger partial charge is 0.493 e. The van der Waals surface area contributed by atoms with Gasteiger partial charge >= 0.3 is 0 Å². The topological polar surface area (TPSA) is 21.7 Å². The normalized spacial score (nSPS) is 15.5. The van der Waals surface area contributed by atoms with E-state index in [0.29, 0.717) is 0 Å². The second-order valence-electron chi connectivity index (χ2n) is 11.4. The Morgan fingerprint density at radius 1 is 0.778 bits per heavy atom. The molecule has 0 aromatic heterocycles. The van der Waals surface area contributed by atoms with Gasteiger partial charge in [0, 0.05) is 11.4 Å². The first-order valence-corrected chi connectivity index (χ1v) is 14.1. The minimum atomic E-state index is 0.151. The second-order valence-corrected chi connectivity index (χ2v) is 11.4. The van der Waals surface area contributed by atoms with E-state index in [9.17, 15) is 0 Å². The second kappa shape index (κ2) is 13.2. The first-order valence-electron chi connectivity index (χ1n) is 14.1. The maximum absolute atomic E-state index is 5.71. The molecule has 1 atom stereocenters. The Labute approximate surface area is 220 Å².